The van der Waals surface area contributed by atoms with Crippen molar-refractivity contribution in [2.45, 2.75) is 44.6 Å². The van der Waals surface area contributed by atoms with Crippen LogP contribution in [0.5, 0.6) is 0 Å². The van der Waals surface area contributed by atoms with E-state index in [4.69, 9.17) is 0 Å². The Bertz CT molecular complexity index is 646. The fraction of sp³-hybridized carbons (Fsp3) is 0.737. The molecule has 1 spiro atoms. The van der Waals surface area contributed by atoms with Gasteiger partial charge in [-0.3, -0.25) is 9.69 Å². The summed E-state index contributed by atoms with van der Waals surface area (Å²) in [5, 5.41) is 0. The number of nitrogens with zero attached hydrogens (tertiary/aromatic N) is 5. The Balaban J connectivity index is 1.51. The third-order valence-electron chi connectivity index (χ3n) is 6.29. The Morgan fingerprint density at radius 2 is 2.04 bits per heavy atom. The molecule has 1 aromatic heterocycles. The summed E-state index contributed by atoms with van der Waals surface area (Å²) in [7, 11) is 2.23. The Kier molecular flexibility index (Phi) is 4.40. The molecule has 0 N–H and O–H groups in total. The fourth-order valence-electron chi connectivity index (χ4n) is 4.31. The Morgan fingerprint density at radius 3 is 2.80 bits per heavy atom. The van der Waals surface area contributed by atoms with Gasteiger partial charge in [-0.25, -0.2) is 9.97 Å². The highest BCUT2D eigenvalue weighted by atomic mass is 16.2. The number of likely N-dealkylation sites (N-methyl/N-ethyl adjacent to an activating group) is 1. The lowest BCUT2D eigenvalue weighted by Gasteiger charge is -2.49. The number of hydrogen-bond acceptors (Lipinski definition) is 5. The first kappa shape index (κ1) is 16.8. The van der Waals surface area contributed by atoms with Crippen LogP contribution in [0.15, 0.2) is 12.4 Å². The zero-order chi connectivity index (χ0) is 17.4. The molecule has 0 unspecified atom stereocenters. The fourth-order valence-corrected chi connectivity index (χ4v) is 4.31. The molecule has 4 rings (SSSR count). The van der Waals surface area contributed by atoms with Crippen molar-refractivity contribution in [1.82, 2.24) is 19.8 Å². The molecule has 1 aliphatic carbocycles. The molecular formula is C19H29N5O. The third kappa shape index (κ3) is 3.50. The minimum absolute atomic E-state index is 0.0745. The number of aromatic nitrogens is 2. The molecule has 25 heavy (non-hydrogen) atoms. The molecule has 1 atom stereocenters. The van der Waals surface area contributed by atoms with Crippen LogP contribution in [0.2, 0.25) is 0 Å². The summed E-state index contributed by atoms with van der Waals surface area (Å²) in [6.45, 7) is 6.83. The average Bonchev–Trinajstić information content (AvgIpc) is 3.43. The van der Waals surface area contributed by atoms with Gasteiger partial charge in [0.2, 0.25) is 5.91 Å². The molecule has 6 heteroatoms. The third-order valence-corrected chi connectivity index (χ3v) is 6.29. The summed E-state index contributed by atoms with van der Waals surface area (Å²) in [6, 6.07) is 2.07. The summed E-state index contributed by atoms with van der Waals surface area (Å²) in [4.78, 5) is 28.3. The Morgan fingerprint density at radius 1 is 1.20 bits per heavy atom. The molecule has 3 heterocycles. The van der Waals surface area contributed by atoms with E-state index in [2.05, 4.69) is 37.8 Å². The van der Waals surface area contributed by atoms with E-state index >= 15 is 0 Å². The Labute approximate surface area is 150 Å². The van der Waals surface area contributed by atoms with Crippen LogP contribution in [0, 0.1) is 12.8 Å². The lowest BCUT2D eigenvalue weighted by Crippen LogP contribution is -2.61. The highest BCUT2D eigenvalue weighted by Crippen LogP contribution is 2.35. The number of likely N-dealkylation sites (tertiary alicyclic amines) is 1. The van der Waals surface area contributed by atoms with Crippen LogP contribution in [0.4, 0.5) is 5.82 Å². The summed E-state index contributed by atoms with van der Waals surface area (Å²) < 4.78 is 0. The predicted molar refractivity (Wildman–Crippen MR) is 97.5 cm³/mol. The second kappa shape index (κ2) is 6.56. The molecule has 2 saturated heterocycles. The first-order chi connectivity index (χ1) is 12.1. The van der Waals surface area contributed by atoms with Crippen molar-refractivity contribution in [2.75, 3.05) is 44.7 Å². The number of piperazine rings is 1. The van der Waals surface area contributed by atoms with Crippen molar-refractivity contribution in [3.8, 4) is 0 Å². The highest BCUT2D eigenvalue weighted by Gasteiger charge is 2.43. The van der Waals surface area contributed by atoms with Crippen LogP contribution < -0.4 is 4.90 Å². The molecular weight excluding hydrogens is 314 g/mol. The molecule has 1 amide bonds. The zero-order valence-electron chi connectivity index (χ0n) is 15.4. The number of carbonyl (C=O) groups is 1. The van der Waals surface area contributed by atoms with Gasteiger partial charge in [0.05, 0.1) is 0 Å². The van der Waals surface area contributed by atoms with Crippen LogP contribution in [-0.4, -0.2) is 71.0 Å². The van der Waals surface area contributed by atoms with Crippen molar-refractivity contribution in [3.63, 3.8) is 0 Å². The van der Waals surface area contributed by atoms with Gasteiger partial charge in [0.1, 0.15) is 12.1 Å². The van der Waals surface area contributed by atoms with Crippen molar-refractivity contribution < 1.29 is 4.79 Å². The van der Waals surface area contributed by atoms with Crippen molar-refractivity contribution in [1.29, 1.82) is 0 Å². The van der Waals surface area contributed by atoms with Crippen molar-refractivity contribution >= 4 is 11.7 Å². The molecule has 6 nitrogen and oxygen atoms in total. The number of amides is 1. The van der Waals surface area contributed by atoms with Gasteiger partial charge >= 0.3 is 0 Å². The molecule has 136 valence electrons. The maximum Gasteiger partial charge on any atom is 0.222 e. The average molecular weight is 343 g/mol. The van der Waals surface area contributed by atoms with Gasteiger partial charge in [0.25, 0.3) is 0 Å². The summed E-state index contributed by atoms with van der Waals surface area (Å²) >= 11 is 0. The van der Waals surface area contributed by atoms with Crippen LogP contribution in [-0.2, 0) is 4.79 Å². The van der Waals surface area contributed by atoms with Gasteiger partial charge in [0, 0.05) is 56.4 Å². The van der Waals surface area contributed by atoms with Gasteiger partial charge in [-0.05, 0) is 45.6 Å². The Hall–Kier alpha value is -1.69. The maximum absolute atomic E-state index is 12.6. The first-order valence-corrected chi connectivity index (χ1v) is 9.58. The summed E-state index contributed by atoms with van der Waals surface area (Å²) in [5.74, 6) is 2.14. The largest absolute Gasteiger partial charge is 0.353 e. The molecule has 1 aromatic rings. The molecule has 3 aliphatic rings. The van der Waals surface area contributed by atoms with E-state index in [9.17, 15) is 4.79 Å². The monoisotopic (exact) mass is 343 g/mol. The van der Waals surface area contributed by atoms with Gasteiger partial charge in [-0.15, -0.1) is 0 Å². The summed E-state index contributed by atoms with van der Waals surface area (Å²) in [5.41, 5.74) is 1.08. The molecule has 0 bridgehead atoms. The number of aryl methyl sites for hydroxylation is 1. The van der Waals surface area contributed by atoms with Gasteiger partial charge in [-0.2, -0.15) is 0 Å². The SMILES string of the molecule is Cc1cc(N2CCN(C)[C@@]3(CCC(=O)N(CC4CC4)CC3)C2)ncn1. The van der Waals surface area contributed by atoms with Crippen LogP contribution >= 0.6 is 0 Å². The smallest absolute Gasteiger partial charge is 0.222 e. The van der Waals surface area contributed by atoms with Crippen molar-refractivity contribution in [3.05, 3.63) is 18.1 Å². The number of carbonyl (C=O) groups excluding carboxylic acids is 1. The second-order valence-corrected chi connectivity index (χ2v) is 8.12. The molecule has 3 fully saturated rings. The van der Waals surface area contributed by atoms with E-state index in [1.807, 2.05) is 6.92 Å². The minimum atomic E-state index is 0.0745. The molecule has 0 aromatic carbocycles. The molecule has 1 saturated carbocycles. The normalized spacial score (nSPS) is 28.5. The lowest BCUT2D eigenvalue weighted by molar-refractivity contribution is -0.130. The summed E-state index contributed by atoms with van der Waals surface area (Å²) in [6.07, 6.45) is 6.94. The van der Waals surface area contributed by atoms with Gasteiger partial charge in [0.15, 0.2) is 0 Å². The second-order valence-electron chi connectivity index (χ2n) is 8.12. The number of anilines is 1. The standard InChI is InChI=1S/C19H29N5O/c1-15-11-17(21-14-20-15)24-10-9-22(2)19(13-24)6-5-18(25)23(8-7-19)12-16-3-4-16/h11,14,16H,3-10,12-13H2,1-2H3/t19-/m1/s1. The van der Waals surface area contributed by atoms with E-state index < -0.39 is 0 Å². The highest BCUT2D eigenvalue weighted by molar-refractivity contribution is 5.76. The maximum atomic E-state index is 12.6. The van der Waals surface area contributed by atoms with E-state index in [0.717, 1.165) is 63.0 Å². The minimum Gasteiger partial charge on any atom is -0.353 e. The van der Waals surface area contributed by atoms with E-state index in [0.29, 0.717) is 12.3 Å². The van der Waals surface area contributed by atoms with Crippen LogP contribution in [0.25, 0.3) is 0 Å². The first-order valence-electron chi connectivity index (χ1n) is 9.58. The van der Waals surface area contributed by atoms with E-state index in [1.54, 1.807) is 6.33 Å². The zero-order valence-corrected chi connectivity index (χ0v) is 15.4. The number of rotatable bonds is 3. The topological polar surface area (TPSA) is 52.6 Å². The molecule has 0 radical (unpaired) electrons. The van der Waals surface area contributed by atoms with Crippen molar-refractivity contribution in [2.24, 2.45) is 5.92 Å². The predicted octanol–water partition coefficient (Wildman–Crippen LogP) is 1.70. The van der Waals surface area contributed by atoms with Crippen LogP contribution in [0.3, 0.4) is 0 Å². The lowest BCUT2D eigenvalue weighted by atomic mass is 9.86. The quantitative estimate of drug-likeness (QED) is 0.836. The van der Waals surface area contributed by atoms with E-state index in [-0.39, 0.29) is 5.54 Å². The van der Waals surface area contributed by atoms with Crippen LogP contribution in [0.1, 0.15) is 37.8 Å². The molecule has 2 aliphatic heterocycles. The van der Waals surface area contributed by atoms with E-state index in [1.165, 1.54) is 12.8 Å². The van der Waals surface area contributed by atoms with Gasteiger partial charge < -0.3 is 9.80 Å². The van der Waals surface area contributed by atoms with Gasteiger partial charge in [-0.1, -0.05) is 0 Å². The number of hydrogen-bond donors (Lipinski definition) is 0.